The van der Waals surface area contributed by atoms with E-state index in [4.69, 9.17) is 11.5 Å². The second-order valence-electron chi connectivity index (χ2n) is 3.45. The van der Waals surface area contributed by atoms with Crippen molar-refractivity contribution < 1.29 is 9.53 Å². The minimum Gasteiger partial charge on any atom is -0.469 e. The number of nitrogens with one attached hydrogen (secondary N) is 1. The molecule has 0 saturated heterocycles. The van der Waals surface area contributed by atoms with Crippen LogP contribution in [0.4, 0.5) is 5.13 Å². The number of anilines is 1. The number of rotatable bonds is 6. The average molecular weight is 276 g/mol. The summed E-state index contributed by atoms with van der Waals surface area (Å²) >= 11 is 5.72. The summed E-state index contributed by atoms with van der Waals surface area (Å²) in [4.78, 5) is 15.3. The predicted octanol–water partition coefficient (Wildman–Crippen LogP) is 0.160. The number of ether oxygens (including phenoxy) is 1. The Hall–Kier alpha value is -0.830. The number of methoxy groups -OCH3 is 1. The lowest BCUT2D eigenvalue weighted by atomic mass is 10.2. The SMILES string of the molecule is COC(=O)CC(S)Cc1csc(NC(N)N)n1. The number of carbonyl (C=O) groups is 1. The van der Waals surface area contributed by atoms with Crippen molar-refractivity contribution in [2.45, 2.75) is 24.4 Å². The number of nitrogens with zero attached hydrogens (tertiary/aromatic N) is 1. The molecular weight excluding hydrogens is 260 g/mol. The first-order valence-corrected chi connectivity index (χ1v) is 6.38. The Labute approximate surface area is 109 Å². The van der Waals surface area contributed by atoms with Crippen molar-refractivity contribution in [3.63, 3.8) is 0 Å². The summed E-state index contributed by atoms with van der Waals surface area (Å²) in [5, 5.41) is 5.23. The third-order valence-electron chi connectivity index (χ3n) is 1.92. The molecule has 0 aromatic carbocycles. The van der Waals surface area contributed by atoms with Gasteiger partial charge in [-0.15, -0.1) is 11.3 Å². The van der Waals surface area contributed by atoms with Crippen molar-refractivity contribution in [1.82, 2.24) is 4.98 Å². The molecule has 96 valence electrons. The first kappa shape index (κ1) is 14.2. The number of hydrogen-bond donors (Lipinski definition) is 4. The molecule has 17 heavy (non-hydrogen) atoms. The molecule has 0 aliphatic heterocycles. The van der Waals surface area contributed by atoms with Gasteiger partial charge < -0.3 is 10.1 Å². The molecule has 0 saturated carbocycles. The van der Waals surface area contributed by atoms with Crippen LogP contribution in [0.25, 0.3) is 0 Å². The summed E-state index contributed by atoms with van der Waals surface area (Å²) in [5.41, 5.74) is 11.6. The van der Waals surface area contributed by atoms with E-state index in [0.717, 1.165) is 5.69 Å². The van der Waals surface area contributed by atoms with E-state index in [1.54, 1.807) is 0 Å². The summed E-state index contributed by atoms with van der Waals surface area (Å²) in [5.74, 6) is -0.275. The van der Waals surface area contributed by atoms with Crippen molar-refractivity contribution >= 4 is 35.1 Å². The fourth-order valence-corrected chi connectivity index (χ4v) is 2.31. The molecule has 0 aliphatic carbocycles. The Morgan fingerprint density at radius 1 is 1.71 bits per heavy atom. The van der Waals surface area contributed by atoms with Crippen LogP contribution in [-0.2, 0) is 16.0 Å². The normalized spacial score (nSPS) is 12.5. The van der Waals surface area contributed by atoms with E-state index >= 15 is 0 Å². The molecule has 1 unspecified atom stereocenters. The zero-order chi connectivity index (χ0) is 12.8. The van der Waals surface area contributed by atoms with E-state index < -0.39 is 6.29 Å². The van der Waals surface area contributed by atoms with Crippen LogP contribution in [-0.4, -0.2) is 29.6 Å². The summed E-state index contributed by atoms with van der Waals surface area (Å²) in [6.45, 7) is 0. The molecule has 1 aromatic rings. The fraction of sp³-hybridized carbons (Fsp3) is 0.556. The second-order valence-corrected chi connectivity index (χ2v) is 5.04. The average Bonchev–Trinajstić information content (AvgIpc) is 2.63. The number of esters is 1. The monoisotopic (exact) mass is 276 g/mol. The van der Waals surface area contributed by atoms with Gasteiger partial charge in [-0.2, -0.15) is 12.6 Å². The lowest BCUT2D eigenvalue weighted by Crippen LogP contribution is -2.38. The van der Waals surface area contributed by atoms with Crippen LogP contribution in [0.5, 0.6) is 0 Å². The number of aromatic nitrogens is 1. The minimum atomic E-state index is -0.629. The van der Waals surface area contributed by atoms with Gasteiger partial charge in [0.05, 0.1) is 19.2 Å². The van der Waals surface area contributed by atoms with E-state index in [1.807, 2.05) is 5.38 Å². The van der Waals surface area contributed by atoms with Crippen LogP contribution in [0.3, 0.4) is 0 Å². The number of nitrogens with two attached hydrogens (primary N) is 2. The maximum atomic E-state index is 11.0. The Morgan fingerprint density at radius 3 is 3.00 bits per heavy atom. The van der Waals surface area contributed by atoms with Crippen LogP contribution in [0.2, 0.25) is 0 Å². The third kappa shape index (κ3) is 5.35. The molecule has 0 amide bonds. The van der Waals surface area contributed by atoms with E-state index in [-0.39, 0.29) is 17.6 Å². The van der Waals surface area contributed by atoms with Gasteiger partial charge in [0.1, 0.15) is 6.29 Å². The smallest absolute Gasteiger partial charge is 0.306 e. The van der Waals surface area contributed by atoms with Crippen molar-refractivity contribution in [2.24, 2.45) is 11.5 Å². The first-order chi connectivity index (χ1) is 8.01. The Balaban J connectivity index is 2.45. The maximum absolute atomic E-state index is 11.0. The van der Waals surface area contributed by atoms with Gasteiger partial charge in [-0.25, -0.2) is 4.98 Å². The lowest BCUT2D eigenvalue weighted by Gasteiger charge is -2.07. The number of thiazole rings is 1. The van der Waals surface area contributed by atoms with E-state index in [9.17, 15) is 4.79 Å². The van der Waals surface area contributed by atoms with Crippen LogP contribution < -0.4 is 16.8 Å². The van der Waals surface area contributed by atoms with Crippen molar-refractivity contribution in [3.05, 3.63) is 11.1 Å². The van der Waals surface area contributed by atoms with Gasteiger partial charge in [-0.1, -0.05) is 0 Å². The summed E-state index contributed by atoms with van der Waals surface area (Å²) in [6.07, 6.45) is 0.225. The lowest BCUT2D eigenvalue weighted by molar-refractivity contribution is -0.140. The molecule has 0 radical (unpaired) electrons. The zero-order valence-corrected chi connectivity index (χ0v) is 11.1. The maximum Gasteiger partial charge on any atom is 0.306 e. The Morgan fingerprint density at radius 2 is 2.41 bits per heavy atom. The highest BCUT2D eigenvalue weighted by Gasteiger charge is 2.13. The van der Waals surface area contributed by atoms with E-state index in [1.165, 1.54) is 18.4 Å². The minimum absolute atomic E-state index is 0.107. The predicted molar refractivity (Wildman–Crippen MR) is 71.0 cm³/mol. The topological polar surface area (TPSA) is 103 Å². The van der Waals surface area contributed by atoms with Crippen molar-refractivity contribution in [1.29, 1.82) is 0 Å². The third-order valence-corrected chi connectivity index (χ3v) is 3.10. The number of carbonyl (C=O) groups excluding carboxylic acids is 1. The van der Waals surface area contributed by atoms with E-state index in [0.29, 0.717) is 11.6 Å². The van der Waals surface area contributed by atoms with Gasteiger partial charge in [0, 0.05) is 17.1 Å². The van der Waals surface area contributed by atoms with Gasteiger partial charge in [0.15, 0.2) is 5.13 Å². The number of thiol groups is 1. The van der Waals surface area contributed by atoms with Crippen LogP contribution in [0.15, 0.2) is 5.38 Å². The highest BCUT2D eigenvalue weighted by molar-refractivity contribution is 7.81. The molecule has 5 N–H and O–H groups in total. The quantitative estimate of drug-likeness (QED) is 0.335. The Kier molecular flexibility index (Phi) is 5.69. The Bertz CT molecular complexity index is 370. The molecule has 0 spiro atoms. The second kappa shape index (κ2) is 6.80. The summed E-state index contributed by atoms with van der Waals surface area (Å²) in [6, 6.07) is 0. The standard InChI is InChI=1S/C9H16N4O2S2/c1-15-7(14)3-6(16)2-5-4-17-9(12-5)13-8(10)11/h4,6,8,16H,2-3,10-11H2,1H3,(H,12,13). The zero-order valence-electron chi connectivity index (χ0n) is 9.42. The molecular formula is C9H16N4O2S2. The summed E-state index contributed by atoms with van der Waals surface area (Å²) in [7, 11) is 1.36. The van der Waals surface area contributed by atoms with Crippen molar-refractivity contribution in [2.75, 3.05) is 12.4 Å². The molecule has 0 fully saturated rings. The molecule has 1 heterocycles. The summed E-state index contributed by atoms with van der Waals surface area (Å²) < 4.78 is 4.57. The molecule has 1 aromatic heterocycles. The van der Waals surface area contributed by atoms with Gasteiger partial charge in [0.25, 0.3) is 0 Å². The van der Waals surface area contributed by atoms with Crippen LogP contribution in [0, 0.1) is 0 Å². The fourth-order valence-electron chi connectivity index (χ4n) is 1.20. The van der Waals surface area contributed by atoms with E-state index in [2.05, 4.69) is 27.7 Å². The number of hydrogen-bond acceptors (Lipinski definition) is 8. The van der Waals surface area contributed by atoms with Crippen molar-refractivity contribution in [3.8, 4) is 0 Å². The largest absolute Gasteiger partial charge is 0.469 e. The highest BCUT2D eigenvalue weighted by atomic mass is 32.1. The molecule has 8 heteroatoms. The van der Waals surface area contributed by atoms with Gasteiger partial charge in [-0.05, 0) is 0 Å². The molecule has 1 rings (SSSR count). The van der Waals surface area contributed by atoms with Gasteiger partial charge in [0.2, 0.25) is 0 Å². The van der Waals surface area contributed by atoms with Gasteiger partial charge >= 0.3 is 5.97 Å². The molecule has 0 bridgehead atoms. The molecule has 6 nitrogen and oxygen atoms in total. The van der Waals surface area contributed by atoms with Crippen LogP contribution >= 0.6 is 24.0 Å². The molecule has 1 atom stereocenters. The van der Waals surface area contributed by atoms with Gasteiger partial charge in [-0.3, -0.25) is 16.3 Å². The molecule has 0 aliphatic rings. The highest BCUT2D eigenvalue weighted by Crippen LogP contribution is 2.18. The first-order valence-electron chi connectivity index (χ1n) is 4.98. The van der Waals surface area contributed by atoms with Crippen LogP contribution in [0.1, 0.15) is 12.1 Å².